The van der Waals surface area contributed by atoms with Crippen molar-refractivity contribution in [2.75, 3.05) is 5.32 Å². The zero-order valence-corrected chi connectivity index (χ0v) is 15.4. The van der Waals surface area contributed by atoms with Crippen molar-refractivity contribution in [2.24, 2.45) is 11.8 Å². The fourth-order valence-corrected chi connectivity index (χ4v) is 3.58. The summed E-state index contributed by atoms with van der Waals surface area (Å²) in [7, 11) is 0. The minimum absolute atomic E-state index is 0.256. The first kappa shape index (κ1) is 18.5. The summed E-state index contributed by atoms with van der Waals surface area (Å²) in [6.07, 6.45) is 2.90. The van der Waals surface area contributed by atoms with Crippen LogP contribution in [0, 0.1) is 18.8 Å². The zero-order chi connectivity index (χ0) is 18.7. The van der Waals surface area contributed by atoms with Crippen LogP contribution in [0.2, 0.25) is 5.02 Å². The first-order valence-electron chi connectivity index (χ1n) is 8.76. The molecule has 0 radical (unpaired) electrons. The van der Waals surface area contributed by atoms with Crippen LogP contribution in [0.25, 0.3) is 0 Å². The molecule has 1 aromatic carbocycles. The summed E-state index contributed by atoms with van der Waals surface area (Å²) in [4.78, 5) is 24.0. The van der Waals surface area contributed by atoms with Crippen molar-refractivity contribution in [3.8, 4) is 0 Å². The Morgan fingerprint density at radius 3 is 2.54 bits per heavy atom. The Morgan fingerprint density at radius 1 is 1.23 bits per heavy atom. The highest BCUT2D eigenvalue weighted by Crippen LogP contribution is 2.31. The highest BCUT2D eigenvalue weighted by molar-refractivity contribution is 6.30. The number of carbonyl (C=O) groups excluding carboxylic acids is 1. The first-order chi connectivity index (χ1) is 12.4. The van der Waals surface area contributed by atoms with Crippen LogP contribution in [0.5, 0.6) is 0 Å². The summed E-state index contributed by atoms with van der Waals surface area (Å²) in [6, 6.07) is 9.32. The molecule has 0 aliphatic heterocycles. The molecule has 1 saturated carbocycles. The van der Waals surface area contributed by atoms with Gasteiger partial charge in [0, 0.05) is 16.8 Å². The predicted molar refractivity (Wildman–Crippen MR) is 99.2 cm³/mol. The van der Waals surface area contributed by atoms with Crippen LogP contribution in [-0.2, 0) is 16.1 Å². The molecule has 0 unspecified atom stereocenters. The second-order valence-electron chi connectivity index (χ2n) is 6.78. The van der Waals surface area contributed by atoms with E-state index in [0.717, 1.165) is 24.1 Å². The largest absolute Gasteiger partial charge is 0.481 e. The van der Waals surface area contributed by atoms with Crippen molar-refractivity contribution in [1.29, 1.82) is 0 Å². The number of nitrogens with zero attached hydrogens (tertiary/aromatic N) is 2. The lowest BCUT2D eigenvalue weighted by Gasteiger charge is -2.27. The predicted octanol–water partition coefficient (Wildman–Crippen LogP) is 3.72. The van der Waals surface area contributed by atoms with Gasteiger partial charge >= 0.3 is 5.97 Å². The van der Waals surface area contributed by atoms with E-state index >= 15 is 0 Å². The van der Waals surface area contributed by atoms with Crippen LogP contribution >= 0.6 is 11.6 Å². The quantitative estimate of drug-likeness (QED) is 0.834. The Labute approximate surface area is 157 Å². The van der Waals surface area contributed by atoms with Crippen LogP contribution in [0.1, 0.15) is 36.9 Å². The number of hydrogen-bond acceptors (Lipinski definition) is 3. The monoisotopic (exact) mass is 375 g/mol. The number of hydrogen-bond donors (Lipinski definition) is 2. The van der Waals surface area contributed by atoms with Crippen LogP contribution in [-0.4, -0.2) is 26.8 Å². The van der Waals surface area contributed by atoms with Crippen LogP contribution in [0.15, 0.2) is 30.3 Å². The number of carboxylic acid groups (broad SMARTS) is 1. The van der Waals surface area contributed by atoms with Gasteiger partial charge in [-0.3, -0.25) is 14.3 Å². The molecule has 7 heteroatoms. The van der Waals surface area contributed by atoms with Gasteiger partial charge in [-0.2, -0.15) is 5.10 Å². The molecular weight excluding hydrogens is 354 g/mol. The van der Waals surface area contributed by atoms with Gasteiger partial charge in [-0.1, -0.05) is 36.6 Å². The Morgan fingerprint density at radius 2 is 1.88 bits per heavy atom. The fourth-order valence-electron chi connectivity index (χ4n) is 3.45. The summed E-state index contributed by atoms with van der Waals surface area (Å²) in [5.74, 6) is -1.80. The number of carboxylic acids is 1. The van der Waals surface area contributed by atoms with Crippen LogP contribution in [0.3, 0.4) is 0 Å². The van der Waals surface area contributed by atoms with E-state index in [-0.39, 0.29) is 5.91 Å². The maximum Gasteiger partial charge on any atom is 0.307 e. The van der Waals surface area contributed by atoms with Crippen LogP contribution in [0.4, 0.5) is 5.82 Å². The number of halogens is 1. The van der Waals surface area contributed by atoms with Gasteiger partial charge in [-0.05, 0) is 37.5 Å². The van der Waals surface area contributed by atoms with Crippen molar-refractivity contribution in [2.45, 2.75) is 39.2 Å². The number of amides is 1. The van der Waals surface area contributed by atoms with Crippen molar-refractivity contribution >= 4 is 29.3 Å². The molecule has 0 spiro atoms. The molecule has 0 saturated heterocycles. The van der Waals surface area contributed by atoms with Crippen molar-refractivity contribution in [3.63, 3.8) is 0 Å². The number of carbonyl (C=O) groups is 2. The van der Waals surface area contributed by atoms with Gasteiger partial charge in [0.05, 0.1) is 18.4 Å². The van der Waals surface area contributed by atoms with Crippen LogP contribution < -0.4 is 5.32 Å². The molecule has 1 fully saturated rings. The Balaban J connectivity index is 1.69. The zero-order valence-electron chi connectivity index (χ0n) is 14.6. The molecule has 1 amide bonds. The standard InChI is InChI=1S/C19H22ClN3O3/c1-12-10-17(22-23(12)11-13-6-8-14(20)9-7-13)21-18(24)15-4-2-3-5-16(15)19(25)26/h6-10,15-16H,2-5,11H2,1H3,(H,25,26)(H,21,22,24)/t15-,16-/m1/s1. The first-order valence-corrected chi connectivity index (χ1v) is 9.14. The molecular formula is C19H22ClN3O3. The van der Waals surface area contributed by atoms with Gasteiger partial charge in [0.25, 0.3) is 0 Å². The second kappa shape index (κ2) is 7.91. The number of benzene rings is 1. The summed E-state index contributed by atoms with van der Waals surface area (Å²) >= 11 is 5.90. The van der Waals surface area contributed by atoms with Crippen molar-refractivity contribution < 1.29 is 14.7 Å². The van der Waals surface area contributed by atoms with E-state index in [4.69, 9.17) is 11.6 Å². The fraction of sp³-hybridized carbons (Fsp3) is 0.421. The summed E-state index contributed by atoms with van der Waals surface area (Å²) in [6.45, 7) is 2.49. The van der Waals surface area contributed by atoms with Crippen molar-refractivity contribution in [3.05, 3.63) is 46.6 Å². The second-order valence-corrected chi connectivity index (χ2v) is 7.22. The summed E-state index contributed by atoms with van der Waals surface area (Å²) < 4.78 is 1.80. The lowest BCUT2D eigenvalue weighted by Crippen LogP contribution is -2.36. The minimum Gasteiger partial charge on any atom is -0.481 e. The summed E-state index contributed by atoms with van der Waals surface area (Å²) in [5, 5.41) is 17.3. The van der Waals surface area contributed by atoms with Crippen molar-refractivity contribution in [1.82, 2.24) is 9.78 Å². The smallest absolute Gasteiger partial charge is 0.307 e. The third kappa shape index (κ3) is 4.25. The molecule has 2 atom stereocenters. The van der Waals surface area contributed by atoms with E-state index in [1.807, 2.05) is 31.2 Å². The molecule has 2 aromatic rings. The van der Waals surface area contributed by atoms with Gasteiger partial charge < -0.3 is 10.4 Å². The Kier molecular flexibility index (Phi) is 5.61. The third-order valence-electron chi connectivity index (χ3n) is 4.90. The SMILES string of the molecule is Cc1cc(NC(=O)[C@@H]2CCCC[C@H]2C(=O)O)nn1Cc1ccc(Cl)cc1. The van der Waals surface area contributed by atoms with Gasteiger partial charge in [0.15, 0.2) is 5.82 Å². The molecule has 6 nitrogen and oxygen atoms in total. The molecule has 1 heterocycles. The Hall–Kier alpha value is -2.34. The highest BCUT2D eigenvalue weighted by atomic mass is 35.5. The molecule has 2 N–H and O–H groups in total. The molecule has 0 bridgehead atoms. The Bertz CT molecular complexity index is 801. The van der Waals surface area contributed by atoms with Gasteiger partial charge in [-0.15, -0.1) is 0 Å². The van der Waals surface area contributed by atoms with E-state index in [0.29, 0.717) is 30.2 Å². The van der Waals surface area contributed by atoms with E-state index in [9.17, 15) is 14.7 Å². The third-order valence-corrected chi connectivity index (χ3v) is 5.15. The maximum atomic E-state index is 12.6. The number of aliphatic carboxylic acids is 1. The average Bonchev–Trinajstić information content (AvgIpc) is 2.96. The molecule has 3 rings (SSSR count). The molecule has 26 heavy (non-hydrogen) atoms. The van der Waals surface area contributed by atoms with Gasteiger partial charge in [-0.25, -0.2) is 0 Å². The maximum absolute atomic E-state index is 12.6. The lowest BCUT2D eigenvalue weighted by molar-refractivity contribution is -0.147. The normalized spacial score (nSPS) is 19.9. The highest BCUT2D eigenvalue weighted by Gasteiger charge is 2.35. The van der Waals surface area contributed by atoms with E-state index < -0.39 is 17.8 Å². The topological polar surface area (TPSA) is 84.2 Å². The van der Waals surface area contributed by atoms with Gasteiger partial charge in [0.2, 0.25) is 5.91 Å². The number of rotatable bonds is 5. The molecule has 1 aliphatic rings. The van der Waals surface area contributed by atoms with Gasteiger partial charge in [0.1, 0.15) is 0 Å². The average molecular weight is 376 g/mol. The number of aryl methyl sites for hydroxylation is 1. The van der Waals surface area contributed by atoms with E-state index in [2.05, 4.69) is 10.4 Å². The minimum atomic E-state index is -0.894. The molecule has 1 aliphatic carbocycles. The number of aromatic nitrogens is 2. The summed E-state index contributed by atoms with van der Waals surface area (Å²) in [5.41, 5.74) is 1.96. The molecule has 138 valence electrons. The van der Waals surface area contributed by atoms with E-state index in [1.54, 1.807) is 10.7 Å². The molecule has 1 aromatic heterocycles. The number of nitrogens with one attached hydrogen (secondary N) is 1. The number of anilines is 1. The lowest BCUT2D eigenvalue weighted by atomic mass is 9.79. The van der Waals surface area contributed by atoms with E-state index in [1.165, 1.54) is 0 Å².